The Morgan fingerprint density at radius 1 is 1.68 bits per heavy atom. The van der Waals surface area contributed by atoms with Crippen molar-refractivity contribution in [2.75, 3.05) is 13.7 Å². The molecule has 3 rings (SSSR count). The summed E-state index contributed by atoms with van der Waals surface area (Å²) in [5.74, 6) is -1.22. The Morgan fingerprint density at radius 3 is 3.05 bits per heavy atom. The van der Waals surface area contributed by atoms with Crippen LogP contribution in [0.2, 0.25) is 0 Å². The Morgan fingerprint density at radius 2 is 2.42 bits per heavy atom. The topological polar surface area (TPSA) is 55.8 Å². The summed E-state index contributed by atoms with van der Waals surface area (Å²) in [7, 11) is 1.36. The van der Waals surface area contributed by atoms with Crippen molar-refractivity contribution in [1.29, 1.82) is 0 Å². The maximum atomic E-state index is 12.6. The molecule has 0 aromatic carbocycles. The molecule has 2 saturated heterocycles. The first-order chi connectivity index (χ1) is 9.04. The number of esters is 1. The van der Waals surface area contributed by atoms with Crippen molar-refractivity contribution in [3.63, 3.8) is 0 Å². The molecule has 0 N–H and O–H groups in total. The van der Waals surface area contributed by atoms with E-state index in [4.69, 9.17) is 9.47 Å². The van der Waals surface area contributed by atoms with Gasteiger partial charge in [-0.2, -0.15) is 0 Å². The molecule has 5 atom stereocenters. The minimum Gasteiger partial charge on any atom is -0.469 e. The average Bonchev–Trinajstić information content (AvgIpc) is 3.05. The molecule has 104 valence electrons. The fourth-order valence-corrected chi connectivity index (χ4v) is 3.53. The number of carbonyl (C=O) groups excluding carboxylic acids is 2. The third kappa shape index (κ3) is 1.51. The molecule has 0 unspecified atom stereocenters. The van der Waals surface area contributed by atoms with Gasteiger partial charge >= 0.3 is 5.97 Å². The Bertz CT molecular complexity index is 460. The van der Waals surface area contributed by atoms with Gasteiger partial charge in [0, 0.05) is 6.04 Å². The second kappa shape index (κ2) is 4.07. The Labute approximate surface area is 112 Å². The van der Waals surface area contributed by atoms with Gasteiger partial charge in [-0.3, -0.25) is 9.59 Å². The summed E-state index contributed by atoms with van der Waals surface area (Å²) >= 11 is 0. The van der Waals surface area contributed by atoms with Crippen LogP contribution in [0.15, 0.2) is 12.2 Å². The van der Waals surface area contributed by atoms with Crippen LogP contribution in [0, 0.1) is 11.8 Å². The van der Waals surface area contributed by atoms with E-state index in [1.807, 2.05) is 24.0 Å². The lowest BCUT2D eigenvalue weighted by atomic mass is 9.77. The van der Waals surface area contributed by atoms with Gasteiger partial charge in [-0.25, -0.2) is 0 Å². The quantitative estimate of drug-likeness (QED) is 0.558. The first-order valence-corrected chi connectivity index (χ1v) is 6.79. The van der Waals surface area contributed by atoms with E-state index in [9.17, 15) is 9.59 Å². The van der Waals surface area contributed by atoms with Crippen molar-refractivity contribution < 1.29 is 19.1 Å². The minimum atomic E-state index is -0.607. The van der Waals surface area contributed by atoms with E-state index in [-0.39, 0.29) is 24.0 Å². The van der Waals surface area contributed by atoms with E-state index in [1.165, 1.54) is 7.11 Å². The molecule has 0 radical (unpaired) electrons. The van der Waals surface area contributed by atoms with Crippen molar-refractivity contribution in [2.24, 2.45) is 11.8 Å². The van der Waals surface area contributed by atoms with E-state index in [0.29, 0.717) is 6.54 Å². The van der Waals surface area contributed by atoms with E-state index < -0.39 is 17.4 Å². The molecule has 5 nitrogen and oxygen atoms in total. The number of rotatable bonds is 3. The van der Waals surface area contributed by atoms with Gasteiger partial charge in [0.1, 0.15) is 11.5 Å². The van der Waals surface area contributed by atoms with Crippen LogP contribution < -0.4 is 0 Å². The summed E-state index contributed by atoms with van der Waals surface area (Å²) in [5, 5.41) is 0. The predicted octanol–water partition coefficient (Wildman–Crippen LogP) is 0.740. The minimum absolute atomic E-state index is 0.0246. The highest BCUT2D eigenvalue weighted by Gasteiger charge is 2.67. The number of likely N-dealkylation sites (tertiary alicyclic amines) is 1. The highest BCUT2D eigenvalue weighted by molar-refractivity contribution is 5.91. The lowest BCUT2D eigenvalue weighted by Gasteiger charge is -2.26. The number of ether oxygens (including phenoxy) is 2. The van der Waals surface area contributed by atoms with Gasteiger partial charge < -0.3 is 14.4 Å². The van der Waals surface area contributed by atoms with Gasteiger partial charge in [-0.05, 0) is 13.3 Å². The maximum Gasteiger partial charge on any atom is 0.312 e. The Hall–Kier alpha value is -1.36. The van der Waals surface area contributed by atoms with E-state index in [0.717, 1.165) is 6.42 Å². The highest BCUT2D eigenvalue weighted by atomic mass is 16.5. The molecule has 3 heterocycles. The molecule has 0 aromatic heterocycles. The van der Waals surface area contributed by atoms with Crippen LogP contribution in [0.3, 0.4) is 0 Å². The van der Waals surface area contributed by atoms with Crippen LogP contribution in [-0.4, -0.2) is 48.2 Å². The van der Waals surface area contributed by atoms with Crippen molar-refractivity contribution in [2.45, 2.75) is 38.0 Å². The van der Waals surface area contributed by atoms with Gasteiger partial charge in [0.25, 0.3) is 0 Å². The van der Waals surface area contributed by atoms with Gasteiger partial charge in [0.05, 0.1) is 25.7 Å². The monoisotopic (exact) mass is 265 g/mol. The zero-order chi connectivity index (χ0) is 13.8. The average molecular weight is 265 g/mol. The lowest BCUT2D eigenvalue weighted by molar-refractivity contribution is -0.151. The molecule has 3 aliphatic heterocycles. The number of methoxy groups -OCH3 is 1. The molecular formula is C14H19NO4. The smallest absolute Gasteiger partial charge is 0.312 e. The standard InChI is InChI=1S/C14H19NO4/c1-4-8(2)15-7-14-6-5-9(19-14)10(13(17)18-3)11(14)12(15)16/h5-6,8-11H,4,7H2,1-3H3/t8-,9+,10-,11+,14-/m0/s1. The molecule has 0 aliphatic carbocycles. The van der Waals surface area contributed by atoms with E-state index >= 15 is 0 Å². The van der Waals surface area contributed by atoms with E-state index in [1.54, 1.807) is 0 Å². The fraction of sp³-hybridized carbons (Fsp3) is 0.714. The van der Waals surface area contributed by atoms with Crippen LogP contribution in [0.25, 0.3) is 0 Å². The SMILES string of the molecule is CC[C@H](C)N1C[C@]23C=C[C@@H](O2)[C@H](C(=O)OC)[C@@H]3C1=O. The van der Waals surface area contributed by atoms with Crippen molar-refractivity contribution in [3.05, 3.63) is 12.2 Å². The third-order valence-corrected chi connectivity index (χ3v) is 4.73. The van der Waals surface area contributed by atoms with Gasteiger partial charge in [0.15, 0.2) is 0 Å². The molecule has 2 bridgehead atoms. The van der Waals surface area contributed by atoms with Crippen LogP contribution in [0.5, 0.6) is 0 Å². The molecule has 2 fully saturated rings. The molecule has 1 amide bonds. The summed E-state index contributed by atoms with van der Waals surface area (Å²) in [4.78, 5) is 26.4. The van der Waals surface area contributed by atoms with Gasteiger partial charge in [-0.15, -0.1) is 0 Å². The highest BCUT2D eigenvalue weighted by Crippen LogP contribution is 2.52. The van der Waals surface area contributed by atoms with Crippen LogP contribution in [0.1, 0.15) is 20.3 Å². The summed E-state index contributed by atoms with van der Waals surface area (Å²) in [6.07, 6.45) is 4.44. The number of fused-ring (bicyclic) bond motifs is 1. The molecule has 19 heavy (non-hydrogen) atoms. The third-order valence-electron chi connectivity index (χ3n) is 4.73. The number of nitrogens with zero attached hydrogens (tertiary/aromatic N) is 1. The van der Waals surface area contributed by atoms with E-state index in [2.05, 4.69) is 6.92 Å². The number of amides is 1. The van der Waals surface area contributed by atoms with Crippen molar-refractivity contribution in [1.82, 2.24) is 4.90 Å². The summed E-state index contributed by atoms with van der Waals surface area (Å²) in [5.41, 5.74) is -0.607. The molecule has 5 heteroatoms. The van der Waals surface area contributed by atoms with Crippen molar-refractivity contribution in [3.8, 4) is 0 Å². The second-order valence-corrected chi connectivity index (χ2v) is 5.65. The van der Waals surface area contributed by atoms with Crippen LogP contribution in [-0.2, 0) is 19.1 Å². The maximum absolute atomic E-state index is 12.6. The summed E-state index contributed by atoms with van der Waals surface area (Å²) in [6.45, 7) is 4.63. The lowest BCUT2D eigenvalue weighted by Crippen LogP contribution is -2.40. The second-order valence-electron chi connectivity index (χ2n) is 5.65. The summed E-state index contributed by atoms with van der Waals surface area (Å²) < 4.78 is 10.8. The normalized spacial score (nSPS) is 40.7. The first-order valence-electron chi connectivity index (χ1n) is 6.79. The van der Waals surface area contributed by atoms with Crippen molar-refractivity contribution >= 4 is 11.9 Å². The molecule has 0 aromatic rings. The summed E-state index contributed by atoms with van der Waals surface area (Å²) in [6, 6.07) is 0.168. The Kier molecular flexibility index (Phi) is 2.71. The molecule has 1 spiro atoms. The number of carbonyl (C=O) groups is 2. The largest absolute Gasteiger partial charge is 0.469 e. The molecule has 0 saturated carbocycles. The van der Waals surface area contributed by atoms with Gasteiger partial charge in [-0.1, -0.05) is 19.1 Å². The fourth-order valence-electron chi connectivity index (χ4n) is 3.53. The van der Waals surface area contributed by atoms with Gasteiger partial charge in [0.2, 0.25) is 5.91 Å². The molecule has 3 aliphatic rings. The van der Waals surface area contributed by atoms with Crippen LogP contribution >= 0.6 is 0 Å². The number of hydrogen-bond acceptors (Lipinski definition) is 4. The predicted molar refractivity (Wildman–Crippen MR) is 67.2 cm³/mol. The van der Waals surface area contributed by atoms with Crippen LogP contribution in [0.4, 0.5) is 0 Å². The molecular weight excluding hydrogens is 246 g/mol. The zero-order valence-corrected chi connectivity index (χ0v) is 11.5. The number of hydrogen-bond donors (Lipinski definition) is 0. The zero-order valence-electron chi connectivity index (χ0n) is 11.5. The Balaban J connectivity index is 1.95. The first kappa shape index (κ1) is 12.7.